The molecule has 0 N–H and O–H groups in total. The monoisotopic (exact) mass is 396 g/mol. The van der Waals surface area contributed by atoms with Gasteiger partial charge in [0.2, 0.25) is 0 Å². The smallest absolute Gasteiger partial charge is 0.544 e. The van der Waals surface area contributed by atoms with Gasteiger partial charge < -0.3 is 39.6 Å². The Morgan fingerprint density at radius 2 is 0.586 bits per heavy atom. The molecule has 0 aromatic carbocycles. The molecule has 0 aromatic heterocycles. The molecule has 0 atom stereocenters. The van der Waals surface area contributed by atoms with E-state index in [9.17, 15) is 39.6 Å². The number of carbonyl (C=O) groups is 4. The molecule has 144 valence electrons. The Morgan fingerprint density at radius 3 is 0.586 bits per heavy atom. The van der Waals surface area contributed by atoms with Crippen LogP contribution in [0.15, 0.2) is 48.6 Å². The van der Waals surface area contributed by atoms with Gasteiger partial charge in [-0.25, -0.2) is 0 Å². The molecule has 0 saturated carbocycles. The van der Waals surface area contributed by atoms with Crippen LogP contribution in [0.5, 0.6) is 0 Å². The third-order valence-corrected chi connectivity index (χ3v) is 1.53. The fraction of sp³-hybridized carbons (Fsp3) is 0. The zero-order valence-electron chi connectivity index (χ0n) is 14.4. The number of carboxylic acids is 4. The topological polar surface area (TPSA) is 256 Å². The van der Waals surface area contributed by atoms with E-state index in [1.807, 2.05) is 0 Å². The second-order valence-electron chi connectivity index (χ2n) is 3.51. The maximum atomic E-state index is 9.50. The predicted molar refractivity (Wildman–Crippen MR) is 82.3 cm³/mol. The number of hydrogen-bond donors (Lipinski definition) is 0. The van der Waals surface area contributed by atoms with Gasteiger partial charge >= 0.3 is 7.43 Å². The summed E-state index contributed by atoms with van der Waals surface area (Å²) in [5, 5.41) is 68.9. The average molecular weight is 396 g/mol. The molecule has 12 heteroatoms. The summed E-state index contributed by atoms with van der Waals surface area (Å²) < 4.78 is 0. The van der Waals surface area contributed by atoms with Crippen molar-refractivity contribution in [1.29, 1.82) is 21.0 Å². The largest absolute Gasteiger partial charge is 4.00 e. The van der Waals surface area contributed by atoms with Crippen molar-refractivity contribution in [2.24, 2.45) is 0 Å². The number of nitrogens with zero attached hydrogens (tertiary/aromatic N) is 4. The fourth-order valence-electron chi connectivity index (χ4n) is 0.183. The molecule has 0 heterocycles. The standard InChI is InChI=1S/4C4H3NO2.C/c4*1-3(2-5)4(6)7;/h4*1H2,(H,6,7);/q;;;;+4/p-4. The molecule has 0 aromatic rings. The van der Waals surface area contributed by atoms with Crippen molar-refractivity contribution in [3.8, 4) is 24.3 Å². The molecule has 0 amide bonds. The Morgan fingerprint density at radius 1 is 0.483 bits per heavy atom. The van der Waals surface area contributed by atoms with Gasteiger partial charge in [0.25, 0.3) is 0 Å². The van der Waals surface area contributed by atoms with Crippen LogP contribution in [0.4, 0.5) is 0 Å². The minimum atomic E-state index is -1.51. The van der Waals surface area contributed by atoms with Crippen LogP contribution in [0.3, 0.4) is 0 Å². The summed E-state index contributed by atoms with van der Waals surface area (Å²) in [6.45, 7) is 11.4. The van der Waals surface area contributed by atoms with Crippen molar-refractivity contribution in [2.45, 2.75) is 0 Å². The quantitative estimate of drug-likeness (QED) is 0.321. The molecule has 0 bridgehead atoms. The van der Waals surface area contributed by atoms with Gasteiger partial charge in [0.15, 0.2) is 0 Å². The molecule has 0 unspecified atom stereocenters. The number of rotatable bonds is 4. The van der Waals surface area contributed by atoms with Crippen molar-refractivity contribution in [2.75, 3.05) is 0 Å². The molecule has 0 aliphatic heterocycles. The van der Waals surface area contributed by atoms with Crippen LogP contribution in [0.2, 0.25) is 0 Å². The molecule has 0 fully saturated rings. The predicted octanol–water partition coefficient (Wildman–Crippen LogP) is -4.65. The Hall–Kier alpha value is -5.20. The molecule has 0 rings (SSSR count). The number of carboxylic acid groups (broad SMARTS) is 4. The van der Waals surface area contributed by atoms with E-state index in [1.165, 1.54) is 24.3 Å². The van der Waals surface area contributed by atoms with Gasteiger partial charge in [0, 0.05) is 0 Å². The first-order valence-corrected chi connectivity index (χ1v) is 5.94. The number of hydrogen-bond acceptors (Lipinski definition) is 12. The van der Waals surface area contributed by atoms with E-state index in [2.05, 4.69) is 26.3 Å². The summed E-state index contributed by atoms with van der Waals surface area (Å²) in [7, 11) is 0. The van der Waals surface area contributed by atoms with Crippen LogP contribution in [-0.2, 0) is 19.2 Å². The molecule has 0 radical (unpaired) electrons. The van der Waals surface area contributed by atoms with Crippen molar-refractivity contribution >= 4 is 23.9 Å². The van der Waals surface area contributed by atoms with Gasteiger partial charge in [-0.1, -0.05) is 26.3 Å². The van der Waals surface area contributed by atoms with Crippen LogP contribution in [-0.4, -0.2) is 23.9 Å². The zero-order chi connectivity index (χ0) is 23.4. The Bertz CT molecular complexity index is 714. The molecule has 0 saturated heterocycles. The number of aliphatic carboxylic acids is 4. The molecule has 12 nitrogen and oxygen atoms in total. The molecular weight excluding hydrogens is 388 g/mol. The molecule has 0 aliphatic rings. The third kappa shape index (κ3) is 27.9. The first-order chi connectivity index (χ1) is 12.7. The van der Waals surface area contributed by atoms with E-state index in [4.69, 9.17) is 21.0 Å². The van der Waals surface area contributed by atoms with E-state index in [0.29, 0.717) is 0 Å². The van der Waals surface area contributed by atoms with E-state index in [1.54, 1.807) is 0 Å². The summed E-state index contributed by atoms with van der Waals surface area (Å²) in [4.78, 5) is 38.0. The first kappa shape index (κ1) is 35.0. The van der Waals surface area contributed by atoms with Crippen molar-refractivity contribution in [3.63, 3.8) is 0 Å². The van der Waals surface area contributed by atoms with Crippen LogP contribution in [0.1, 0.15) is 0 Å². The minimum Gasteiger partial charge on any atom is -0.544 e. The maximum Gasteiger partial charge on any atom is 4.00 e. The van der Waals surface area contributed by atoms with E-state index in [-0.39, 0.29) is 7.43 Å². The summed E-state index contributed by atoms with van der Waals surface area (Å²) >= 11 is 0. The first-order valence-electron chi connectivity index (χ1n) is 5.94. The normalized spacial score (nSPS) is 6.48. The zero-order valence-corrected chi connectivity index (χ0v) is 14.4. The third-order valence-electron chi connectivity index (χ3n) is 1.53. The SMILES string of the molecule is C=C(C#N)C(=O)[O-].C=C(C#N)C(=O)[O-].C=C(C#N)C(=O)[O-].C=C(C#N)C(=O)[O-].[C+4]. The maximum absolute atomic E-state index is 9.50. The molecular formula is C17H8N4O8. The van der Waals surface area contributed by atoms with E-state index in [0.717, 1.165) is 0 Å². The van der Waals surface area contributed by atoms with Gasteiger partial charge in [-0.05, 0) is 0 Å². The molecule has 0 aliphatic carbocycles. The molecule has 0 spiro atoms. The van der Waals surface area contributed by atoms with Crippen molar-refractivity contribution in [3.05, 3.63) is 56.0 Å². The summed E-state index contributed by atoms with van der Waals surface area (Å²) in [6.07, 6.45) is 0. The minimum absolute atomic E-state index is 0. The van der Waals surface area contributed by atoms with Crippen molar-refractivity contribution < 1.29 is 39.6 Å². The van der Waals surface area contributed by atoms with Crippen molar-refractivity contribution in [1.82, 2.24) is 0 Å². The summed E-state index contributed by atoms with van der Waals surface area (Å²) in [5.74, 6) is -6.05. The summed E-state index contributed by atoms with van der Waals surface area (Å²) in [6, 6.07) is 5.23. The van der Waals surface area contributed by atoms with Crippen LogP contribution in [0.25, 0.3) is 0 Å². The fourth-order valence-corrected chi connectivity index (χ4v) is 0.183. The van der Waals surface area contributed by atoms with Crippen LogP contribution in [0, 0.1) is 52.8 Å². The van der Waals surface area contributed by atoms with Gasteiger partial charge in [-0.2, -0.15) is 21.0 Å². The van der Waals surface area contributed by atoms with Gasteiger partial charge in [-0.15, -0.1) is 0 Å². The van der Waals surface area contributed by atoms with E-state index < -0.39 is 46.2 Å². The Kier molecular flexibility index (Phi) is 25.2. The Balaban J connectivity index is -0.0000000873. The van der Waals surface area contributed by atoms with Gasteiger partial charge in [0.05, 0.1) is 46.2 Å². The van der Waals surface area contributed by atoms with Crippen LogP contribution >= 0.6 is 0 Å². The average Bonchev–Trinajstić information content (AvgIpc) is 2.66. The second kappa shape index (κ2) is 20.8. The molecule has 29 heavy (non-hydrogen) atoms. The number of nitriles is 4. The van der Waals surface area contributed by atoms with E-state index >= 15 is 0 Å². The van der Waals surface area contributed by atoms with Gasteiger partial charge in [-0.3, -0.25) is 0 Å². The number of carbonyl (C=O) groups excluding carboxylic acids is 4. The Labute approximate surface area is 165 Å². The van der Waals surface area contributed by atoms with Crippen LogP contribution < -0.4 is 20.4 Å². The van der Waals surface area contributed by atoms with Gasteiger partial charge in [0.1, 0.15) is 24.3 Å². The summed E-state index contributed by atoms with van der Waals surface area (Å²) in [5.41, 5.74) is -2.17. The second-order valence-corrected chi connectivity index (χ2v) is 3.51.